The van der Waals surface area contributed by atoms with E-state index in [0.717, 1.165) is 0 Å². The zero-order valence-electron chi connectivity index (χ0n) is 18.9. The lowest BCUT2D eigenvalue weighted by Gasteiger charge is -2.36. The molecule has 0 aliphatic carbocycles. The number of rotatable bonds is 7. The molecule has 0 bridgehead atoms. The highest BCUT2D eigenvalue weighted by atomic mass is 32.2. The predicted octanol–water partition coefficient (Wildman–Crippen LogP) is 1.60. The van der Waals surface area contributed by atoms with Gasteiger partial charge in [0.25, 0.3) is 0 Å². The number of hydrogen-bond acceptors (Lipinski definition) is 6. The van der Waals surface area contributed by atoms with E-state index in [1.54, 1.807) is 17.0 Å². The summed E-state index contributed by atoms with van der Waals surface area (Å²) in [4.78, 5) is 31.2. The summed E-state index contributed by atoms with van der Waals surface area (Å²) in [6.45, 7) is 2.85. The van der Waals surface area contributed by atoms with Gasteiger partial charge in [0, 0.05) is 37.6 Å². The number of benzene rings is 2. The zero-order chi connectivity index (χ0) is 24.1. The lowest BCUT2D eigenvalue weighted by molar-refractivity contribution is -0.121. The van der Waals surface area contributed by atoms with Gasteiger partial charge in [-0.1, -0.05) is 24.3 Å². The Morgan fingerprint density at radius 2 is 1.65 bits per heavy atom. The highest BCUT2D eigenvalue weighted by Gasteiger charge is 2.36. The average Bonchev–Trinajstić information content (AvgIpc) is 3.15. The third-order valence-corrected chi connectivity index (χ3v) is 7.93. The molecule has 182 valence electrons. The van der Waals surface area contributed by atoms with Crippen LogP contribution in [-0.4, -0.2) is 86.8 Å². The second-order valence-electron chi connectivity index (χ2n) is 8.77. The van der Waals surface area contributed by atoms with Gasteiger partial charge in [0.15, 0.2) is 9.84 Å². The first-order chi connectivity index (χ1) is 16.3. The van der Waals surface area contributed by atoms with Crippen molar-refractivity contribution in [2.45, 2.75) is 12.5 Å². The van der Waals surface area contributed by atoms with E-state index in [-0.39, 0.29) is 42.5 Å². The average molecular weight is 489 g/mol. The molecule has 1 atom stereocenters. The van der Waals surface area contributed by atoms with Crippen LogP contribution in [0.4, 0.5) is 15.8 Å². The number of sulfone groups is 1. The number of anilines is 2. The van der Waals surface area contributed by atoms with Crippen LogP contribution in [0.5, 0.6) is 0 Å². The van der Waals surface area contributed by atoms with Crippen molar-refractivity contribution in [3.05, 3.63) is 60.4 Å². The normalized spacial score (nSPS) is 20.7. The fourth-order valence-electron chi connectivity index (χ4n) is 4.47. The van der Waals surface area contributed by atoms with E-state index in [1.165, 1.54) is 12.1 Å². The number of hydrogen-bond donors (Lipinski definition) is 1. The minimum absolute atomic E-state index is 0.0121. The smallest absolute Gasteiger partial charge is 0.241 e. The number of carbonyl (C=O) groups excluding carboxylic acids is 2. The van der Waals surface area contributed by atoms with E-state index in [1.807, 2.05) is 40.1 Å². The van der Waals surface area contributed by atoms with E-state index in [4.69, 9.17) is 0 Å². The van der Waals surface area contributed by atoms with Crippen LogP contribution in [0.15, 0.2) is 54.6 Å². The van der Waals surface area contributed by atoms with Gasteiger partial charge in [-0.2, -0.15) is 0 Å². The molecule has 2 aliphatic heterocycles. The minimum atomic E-state index is -3.13. The molecule has 8 nitrogen and oxygen atoms in total. The van der Waals surface area contributed by atoms with E-state index in [0.29, 0.717) is 44.0 Å². The molecule has 1 unspecified atom stereocenters. The van der Waals surface area contributed by atoms with Gasteiger partial charge in [-0.05, 0) is 36.8 Å². The standard InChI is InChI=1S/C24H29FN4O4S/c25-19-5-4-6-20(15-19)26-23(30)16-27-10-12-28(13-11-27)17-24(31)29(21-7-2-1-3-8-21)22-9-14-34(32,33)18-22/h1-8,15,22H,9-14,16-18H2,(H,26,30). The molecule has 10 heteroatoms. The quantitative estimate of drug-likeness (QED) is 0.637. The van der Waals surface area contributed by atoms with Gasteiger partial charge in [-0.25, -0.2) is 12.8 Å². The molecule has 2 fully saturated rings. The first-order valence-electron chi connectivity index (χ1n) is 11.4. The van der Waals surface area contributed by atoms with Crippen LogP contribution in [-0.2, 0) is 19.4 Å². The SMILES string of the molecule is O=C(CN1CCN(CC(=O)N(c2ccccc2)C2CCS(=O)(=O)C2)CC1)Nc1cccc(F)c1. The van der Waals surface area contributed by atoms with Crippen molar-refractivity contribution in [1.82, 2.24) is 9.80 Å². The third kappa shape index (κ3) is 6.40. The molecule has 2 saturated heterocycles. The molecule has 2 heterocycles. The number of halogens is 1. The minimum Gasteiger partial charge on any atom is -0.325 e. The van der Waals surface area contributed by atoms with E-state index in [9.17, 15) is 22.4 Å². The fourth-order valence-corrected chi connectivity index (χ4v) is 6.17. The summed E-state index contributed by atoms with van der Waals surface area (Å²) < 4.78 is 37.4. The van der Waals surface area contributed by atoms with Crippen LogP contribution in [0, 0.1) is 5.82 Å². The summed E-state index contributed by atoms with van der Waals surface area (Å²) in [6, 6.07) is 14.6. The Morgan fingerprint density at radius 3 is 2.26 bits per heavy atom. The summed E-state index contributed by atoms with van der Waals surface area (Å²) in [5, 5.41) is 2.70. The molecule has 0 spiro atoms. The summed E-state index contributed by atoms with van der Waals surface area (Å²) >= 11 is 0. The molecular formula is C24H29FN4O4S. The van der Waals surface area contributed by atoms with Gasteiger partial charge in [0.05, 0.1) is 30.6 Å². The second-order valence-corrected chi connectivity index (χ2v) is 11.0. The first-order valence-corrected chi connectivity index (χ1v) is 13.2. The van der Waals surface area contributed by atoms with Gasteiger partial charge in [-0.3, -0.25) is 19.4 Å². The third-order valence-electron chi connectivity index (χ3n) is 6.18. The highest BCUT2D eigenvalue weighted by molar-refractivity contribution is 7.91. The number of carbonyl (C=O) groups is 2. The summed E-state index contributed by atoms with van der Waals surface area (Å²) in [7, 11) is -3.13. The van der Waals surface area contributed by atoms with E-state index >= 15 is 0 Å². The largest absolute Gasteiger partial charge is 0.325 e. The second kappa shape index (κ2) is 10.6. The Hall–Kier alpha value is -2.82. The number of nitrogens with one attached hydrogen (secondary N) is 1. The highest BCUT2D eigenvalue weighted by Crippen LogP contribution is 2.25. The predicted molar refractivity (Wildman–Crippen MR) is 129 cm³/mol. The Kier molecular flexibility index (Phi) is 7.60. The fraction of sp³-hybridized carbons (Fsp3) is 0.417. The van der Waals surface area contributed by atoms with Gasteiger partial charge in [0.2, 0.25) is 11.8 Å². The van der Waals surface area contributed by atoms with Crippen molar-refractivity contribution in [1.29, 1.82) is 0 Å². The molecule has 2 aliphatic rings. The Balaban J connectivity index is 1.30. The van der Waals surface area contributed by atoms with Crippen LogP contribution in [0.25, 0.3) is 0 Å². The van der Waals surface area contributed by atoms with Crippen LogP contribution in [0.1, 0.15) is 6.42 Å². The molecule has 2 aromatic carbocycles. The van der Waals surface area contributed by atoms with Crippen molar-refractivity contribution >= 4 is 33.0 Å². The van der Waals surface area contributed by atoms with Gasteiger partial charge < -0.3 is 10.2 Å². The van der Waals surface area contributed by atoms with Crippen LogP contribution in [0.3, 0.4) is 0 Å². The van der Waals surface area contributed by atoms with Crippen molar-refractivity contribution in [3.8, 4) is 0 Å². The molecule has 2 amide bonds. The monoisotopic (exact) mass is 488 g/mol. The molecule has 0 aromatic heterocycles. The van der Waals surface area contributed by atoms with Crippen LogP contribution >= 0.6 is 0 Å². The molecule has 0 radical (unpaired) electrons. The number of nitrogens with zero attached hydrogens (tertiary/aromatic N) is 3. The Morgan fingerprint density at radius 1 is 0.971 bits per heavy atom. The van der Waals surface area contributed by atoms with Crippen LogP contribution in [0.2, 0.25) is 0 Å². The summed E-state index contributed by atoms with van der Waals surface area (Å²) in [5.41, 5.74) is 1.13. The van der Waals surface area contributed by atoms with Gasteiger partial charge in [-0.15, -0.1) is 0 Å². The molecule has 1 N–H and O–H groups in total. The lowest BCUT2D eigenvalue weighted by Crippen LogP contribution is -2.53. The summed E-state index contributed by atoms with van der Waals surface area (Å²) in [5.74, 6) is -0.652. The van der Waals surface area contributed by atoms with Crippen molar-refractivity contribution in [3.63, 3.8) is 0 Å². The molecular weight excluding hydrogens is 459 g/mol. The Labute approximate surface area is 199 Å². The maximum atomic E-state index is 13.3. The van der Waals surface area contributed by atoms with Gasteiger partial charge >= 0.3 is 0 Å². The lowest BCUT2D eigenvalue weighted by atomic mass is 10.1. The van der Waals surface area contributed by atoms with Crippen molar-refractivity contribution in [2.24, 2.45) is 0 Å². The van der Waals surface area contributed by atoms with E-state index in [2.05, 4.69) is 5.32 Å². The Bertz CT molecular complexity index is 1120. The molecule has 4 rings (SSSR count). The maximum absolute atomic E-state index is 13.3. The topological polar surface area (TPSA) is 90.0 Å². The maximum Gasteiger partial charge on any atom is 0.241 e. The number of piperazine rings is 1. The first kappa shape index (κ1) is 24.3. The number of amides is 2. The zero-order valence-corrected chi connectivity index (χ0v) is 19.7. The molecule has 0 saturated carbocycles. The van der Waals surface area contributed by atoms with E-state index < -0.39 is 15.7 Å². The molecule has 34 heavy (non-hydrogen) atoms. The van der Waals surface area contributed by atoms with Crippen molar-refractivity contribution in [2.75, 3.05) is 61.0 Å². The van der Waals surface area contributed by atoms with Gasteiger partial charge in [0.1, 0.15) is 5.82 Å². The number of para-hydroxylation sites is 1. The molecule has 2 aromatic rings. The summed E-state index contributed by atoms with van der Waals surface area (Å²) in [6.07, 6.45) is 0.442. The van der Waals surface area contributed by atoms with Crippen molar-refractivity contribution < 1.29 is 22.4 Å². The van der Waals surface area contributed by atoms with Crippen LogP contribution < -0.4 is 10.2 Å².